The number of nitrogens with zero attached hydrogens (tertiary/aromatic N) is 3. The van der Waals surface area contributed by atoms with Gasteiger partial charge in [-0.25, -0.2) is 9.97 Å². The van der Waals surface area contributed by atoms with Crippen molar-refractivity contribution in [2.24, 2.45) is 7.05 Å². The number of hydrogen-bond acceptors (Lipinski definition) is 5. The molecule has 0 radical (unpaired) electrons. The monoisotopic (exact) mass is 414 g/mol. The van der Waals surface area contributed by atoms with E-state index in [1.807, 2.05) is 30.3 Å². The van der Waals surface area contributed by atoms with Gasteiger partial charge < -0.3 is 9.88 Å². The van der Waals surface area contributed by atoms with E-state index in [4.69, 9.17) is 0 Å². The SMILES string of the molecule is Cn1ccnc1C(=O)c1ccc(NC(=O)c2cccnc2Sc2ccccc2)cc1. The average Bonchev–Trinajstić information content (AvgIpc) is 3.20. The van der Waals surface area contributed by atoms with Gasteiger partial charge >= 0.3 is 0 Å². The fraction of sp³-hybridized carbons (Fsp3) is 0.0435. The summed E-state index contributed by atoms with van der Waals surface area (Å²) in [7, 11) is 1.77. The van der Waals surface area contributed by atoms with Crippen LogP contribution in [0.2, 0.25) is 0 Å². The quantitative estimate of drug-likeness (QED) is 0.472. The lowest BCUT2D eigenvalue weighted by Crippen LogP contribution is -2.14. The molecule has 0 spiro atoms. The van der Waals surface area contributed by atoms with Crippen LogP contribution in [0.3, 0.4) is 0 Å². The molecule has 0 bridgehead atoms. The highest BCUT2D eigenvalue weighted by Crippen LogP contribution is 2.28. The average molecular weight is 414 g/mol. The second-order valence-electron chi connectivity index (χ2n) is 6.49. The Morgan fingerprint density at radius 2 is 1.67 bits per heavy atom. The zero-order chi connectivity index (χ0) is 20.9. The first-order valence-corrected chi connectivity index (χ1v) is 10.0. The Kier molecular flexibility index (Phi) is 5.72. The van der Waals surface area contributed by atoms with Crippen LogP contribution in [0.5, 0.6) is 0 Å². The Labute approximate surface area is 178 Å². The largest absolute Gasteiger partial charge is 0.331 e. The van der Waals surface area contributed by atoms with Gasteiger partial charge in [0.05, 0.1) is 5.56 Å². The first kappa shape index (κ1) is 19.6. The van der Waals surface area contributed by atoms with E-state index in [-0.39, 0.29) is 11.7 Å². The summed E-state index contributed by atoms with van der Waals surface area (Å²) >= 11 is 1.43. The first-order chi connectivity index (χ1) is 14.6. The number of carbonyl (C=O) groups is 2. The number of amides is 1. The summed E-state index contributed by atoms with van der Waals surface area (Å²) in [5, 5.41) is 3.50. The molecule has 30 heavy (non-hydrogen) atoms. The van der Waals surface area contributed by atoms with Gasteiger partial charge in [0.2, 0.25) is 5.78 Å². The molecule has 0 aliphatic rings. The molecule has 0 aliphatic carbocycles. The number of aryl methyl sites for hydroxylation is 1. The molecule has 1 amide bonds. The van der Waals surface area contributed by atoms with Crippen molar-refractivity contribution < 1.29 is 9.59 Å². The number of anilines is 1. The summed E-state index contributed by atoms with van der Waals surface area (Å²) in [4.78, 5) is 34.8. The van der Waals surface area contributed by atoms with Gasteiger partial charge in [-0.15, -0.1) is 0 Å². The molecule has 1 N–H and O–H groups in total. The van der Waals surface area contributed by atoms with Crippen LogP contribution in [0.15, 0.2) is 95.2 Å². The summed E-state index contributed by atoms with van der Waals surface area (Å²) in [5.41, 5.74) is 1.58. The van der Waals surface area contributed by atoms with E-state index in [0.717, 1.165) is 4.90 Å². The van der Waals surface area contributed by atoms with Gasteiger partial charge in [0.25, 0.3) is 5.91 Å². The van der Waals surface area contributed by atoms with Gasteiger partial charge in [-0.2, -0.15) is 0 Å². The minimum atomic E-state index is -0.260. The van der Waals surface area contributed by atoms with Crippen LogP contribution < -0.4 is 5.32 Å². The Morgan fingerprint density at radius 3 is 2.37 bits per heavy atom. The van der Waals surface area contributed by atoms with Crippen LogP contribution in [-0.2, 0) is 7.05 Å². The summed E-state index contributed by atoms with van der Waals surface area (Å²) < 4.78 is 1.67. The van der Waals surface area contributed by atoms with Gasteiger partial charge in [0.15, 0.2) is 5.82 Å². The normalized spacial score (nSPS) is 10.6. The summed E-state index contributed by atoms with van der Waals surface area (Å²) in [6, 6.07) is 20.0. The molecule has 0 fully saturated rings. The maximum atomic E-state index is 12.8. The molecule has 0 unspecified atom stereocenters. The molecule has 0 atom stereocenters. The molecule has 2 heterocycles. The molecule has 0 saturated heterocycles. The number of ketones is 1. The molecule has 4 aromatic rings. The summed E-state index contributed by atoms with van der Waals surface area (Å²) in [6.45, 7) is 0. The molecule has 2 aromatic carbocycles. The predicted octanol–water partition coefficient (Wildman–Crippen LogP) is 4.45. The summed E-state index contributed by atoms with van der Waals surface area (Å²) in [5.74, 6) is -0.0661. The molecule has 7 heteroatoms. The third-order valence-corrected chi connectivity index (χ3v) is 5.43. The molecule has 4 rings (SSSR count). The van der Waals surface area contributed by atoms with E-state index < -0.39 is 0 Å². The van der Waals surface area contributed by atoms with Gasteiger partial charge in [-0.1, -0.05) is 30.0 Å². The lowest BCUT2D eigenvalue weighted by atomic mass is 10.1. The van der Waals surface area contributed by atoms with Gasteiger partial charge in [0, 0.05) is 41.8 Å². The second-order valence-corrected chi connectivity index (χ2v) is 7.56. The van der Waals surface area contributed by atoms with Crippen LogP contribution >= 0.6 is 11.8 Å². The molecular weight excluding hydrogens is 396 g/mol. The molecule has 6 nitrogen and oxygen atoms in total. The fourth-order valence-corrected chi connectivity index (χ4v) is 3.76. The molecule has 148 valence electrons. The van der Waals surface area contributed by atoms with Crippen molar-refractivity contribution in [3.05, 3.63) is 102 Å². The highest BCUT2D eigenvalue weighted by Gasteiger charge is 2.16. The number of hydrogen-bond donors (Lipinski definition) is 1. The van der Waals surface area contributed by atoms with Crippen LogP contribution in [0.1, 0.15) is 26.5 Å². The standard InChI is InChI=1S/C23H18N4O2S/c1-27-15-14-24-21(27)20(28)16-9-11-17(12-10-16)26-22(29)19-8-5-13-25-23(19)30-18-6-3-2-4-7-18/h2-15H,1H3,(H,26,29). The minimum absolute atomic E-state index is 0.172. The van der Waals surface area contributed by atoms with E-state index in [1.54, 1.807) is 66.6 Å². The first-order valence-electron chi connectivity index (χ1n) is 9.23. The lowest BCUT2D eigenvalue weighted by Gasteiger charge is -2.09. The lowest BCUT2D eigenvalue weighted by molar-refractivity contribution is 0.101. The highest BCUT2D eigenvalue weighted by molar-refractivity contribution is 7.99. The van der Waals surface area contributed by atoms with Gasteiger partial charge in [-0.05, 0) is 48.5 Å². The number of nitrogens with one attached hydrogen (secondary N) is 1. The highest BCUT2D eigenvalue weighted by atomic mass is 32.2. The van der Waals surface area contributed by atoms with E-state index in [0.29, 0.717) is 27.7 Å². The van der Waals surface area contributed by atoms with Crippen molar-refractivity contribution >= 4 is 29.1 Å². The zero-order valence-electron chi connectivity index (χ0n) is 16.1. The van der Waals surface area contributed by atoms with Crippen molar-refractivity contribution in [1.29, 1.82) is 0 Å². The maximum absolute atomic E-state index is 12.8. The van der Waals surface area contributed by atoms with E-state index in [9.17, 15) is 9.59 Å². The topological polar surface area (TPSA) is 76.9 Å². The van der Waals surface area contributed by atoms with Crippen LogP contribution in [0.25, 0.3) is 0 Å². The van der Waals surface area contributed by atoms with Crippen molar-refractivity contribution in [1.82, 2.24) is 14.5 Å². The predicted molar refractivity (Wildman–Crippen MR) is 116 cm³/mol. The molecular formula is C23H18N4O2S. The number of aromatic nitrogens is 3. The van der Waals surface area contributed by atoms with Gasteiger partial charge in [0.1, 0.15) is 5.03 Å². The third kappa shape index (κ3) is 4.31. The molecule has 0 aliphatic heterocycles. The van der Waals surface area contributed by atoms with Crippen molar-refractivity contribution in [3.8, 4) is 0 Å². The Hall–Kier alpha value is -3.71. The van der Waals surface area contributed by atoms with E-state index in [2.05, 4.69) is 15.3 Å². The number of rotatable bonds is 6. The van der Waals surface area contributed by atoms with Crippen LogP contribution in [0.4, 0.5) is 5.69 Å². The minimum Gasteiger partial charge on any atom is -0.331 e. The smallest absolute Gasteiger partial charge is 0.258 e. The van der Waals surface area contributed by atoms with E-state index in [1.165, 1.54) is 11.8 Å². The molecule has 0 saturated carbocycles. The van der Waals surface area contributed by atoms with Crippen LogP contribution in [-0.4, -0.2) is 26.2 Å². The Balaban J connectivity index is 1.49. The Bertz CT molecular complexity index is 1190. The van der Waals surface area contributed by atoms with E-state index >= 15 is 0 Å². The van der Waals surface area contributed by atoms with Crippen LogP contribution in [0, 0.1) is 0 Å². The van der Waals surface area contributed by atoms with Gasteiger partial charge in [-0.3, -0.25) is 9.59 Å². The summed E-state index contributed by atoms with van der Waals surface area (Å²) in [6.07, 6.45) is 4.97. The fourth-order valence-electron chi connectivity index (χ4n) is 2.86. The third-order valence-electron chi connectivity index (χ3n) is 4.40. The number of benzene rings is 2. The van der Waals surface area contributed by atoms with Crippen molar-refractivity contribution in [2.75, 3.05) is 5.32 Å². The number of pyridine rings is 1. The zero-order valence-corrected chi connectivity index (χ0v) is 17.0. The molecule has 2 aromatic heterocycles. The maximum Gasteiger partial charge on any atom is 0.258 e. The van der Waals surface area contributed by atoms with Crippen molar-refractivity contribution in [3.63, 3.8) is 0 Å². The number of imidazole rings is 1. The van der Waals surface area contributed by atoms with Crippen molar-refractivity contribution in [2.45, 2.75) is 9.92 Å². The second kappa shape index (κ2) is 8.75. The number of carbonyl (C=O) groups excluding carboxylic acids is 2. The Morgan fingerprint density at radius 1 is 0.900 bits per heavy atom.